The molecule has 1 heteroatoms. The predicted octanol–water partition coefficient (Wildman–Crippen LogP) is 3.05. The zero-order valence-corrected chi connectivity index (χ0v) is 9.29. The monoisotopic (exact) mass is 199 g/mol. The zero-order valence-electron chi connectivity index (χ0n) is 9.29. The maximum Gasteiger partial charge on any atom is 0.0432 e. The maximum atomic E-state index is 4.00. The molecule has 1 heterocycles. The summed E-state index contributed by atoms with van der Waals surface area (Å²) in [6, 6.07) is 6.72. The van der Waals surface area contributed by atoms with Crippen LogP contribution in [-0.2, 0) is 13.0 Å². The summed E-state index contributed by atoms with van der Waals surface area (Å²) in [4.78, 5) is 2.29. The largest absolute Gasteiger partial charge is 0.367 e. The molecule has 0 amide bonds. The van der Waals surface area contributed by atoms with E-state index in [1.165, 1.54) is 16.7 Å². The average Bonchev–Trinajstić information content (AvgIpc) is 2.27. The van der Waals surface area contributed by atoms with Gasteiger partial charge in [0.2, 0.25) is 0 Å². The molecule has 0 saturated carbocycles. The van der Waals surface area contributed by atoms with Crippen LogP contribution in [0.25, 0.3) is 0 Å². The quantitative estimate of drug-likeness (QED) is 0.662. The van der Waals surface area contributed by atoms with Gasteiger partial charge in [-0.1, -0.05) is 36.9 Å². The van der Waals surface area contributed by atoms with E-state index in [0.29, 0.717) is 0 Å². The lowest BCUT2D eigenvalue weighted by Gasteiger charge is -2.31. The minimum Gasteiger partial charge on any atom is -0.367 e. The predicted molar refractivity (Wildman–Crippen MR) is 64.6 cm³/mol. The number of aryl methyl sites for hydroxylation is 1. The molecule has 0 radical (unpaired) electrons. The molecule has 1 aromatic rings. The van der Waals surface area contributed by atoms with Gasteiger partial charge in [-0.25, -0.2) is 0 Å². The standard InChI is InChI=1S/C14H17N/c1-4-12(3)15-8-7-13-6-5-11(2)9-14(13)10-15/h4-6,9H,1,3,7-8,10H2,2H3. The van der Waals surface area contributed by atoms with Crippen molar-refractivity contribution in [2.75, 3.05) is 6.54 Å². The third-order valence-electron chi connectivity index (χ3n) is 3.02. The van der Waals surface area contributed by atoms with Crippen molar-refractivity contribution in [1.29, 1.82) is 0 Å². The van der Waals surface area contributed by atoms with E-state index in [1.54, 1.807) is 0 Å². The average molecular weight is 199 g/mol. The number of fused-ring (bicyclic) bond motifs is 1. The molecule has 0 fully saturated rings. The third-order valence-corrected chi connectivity index (χ3v) is 3.02. The van der Waals surface area contributed by atoms with Gasteiger partial charge < -0.3 is 4.90 Å². The molecule has 78 valence electrons. The molecule has 15 heavy (non-hydrogen) atoms. The first-order valence-corrected chi connectivity index (χ1v) is 5.35. The highest BCUT2D eigenvalue weighted by Crippen LogP contribution is 2.22. The lowest BCUT2D eigenvalue weighted by Crippen LogP contribution is -2.28. The lowest BCUT2D eigenvalue weighted by atomic mass is 9.97. The Morgan fingerprint density at radius 3 is 2.93 bits per heavy atom. The first-order valence-electron chi connectivity index (χ1n) is 5.35. The minimum atomic E-state index is 0.974. The Morgan fingerprint density at radius 2 is 2.20 bits per heavy atom. The zero-order chi connectivity index (χ0) is 10.8. The van der Waals surface area contributed by atoms with Crippen LogP contribution in [0.4, 0.5) is 0 Å². The van der Waals surface area contributed by atoms with E-state index in [9.17, 15) is 0 Å². The molecule has 0 atom stereocenters. The van der Waals surface area contributed by atoms with Gasteiger partial charge in [0.15, 0.2) is 0 Å². The summed E-state index contributed by atoms with van der Waals surface area (Å²) >= 11 is 0. The molecule has 0 bridgehead atoms. The summed E-state index contributed by atoms with van der Waals surface area (Å²) in [7, 11) is 0. The van der Waals surface area contributed by atoms with Crippen LogP contribution in [0.15, 0.2) is 43.1 Å². The smallest absolute Gasteiger partial charge is 0.0432 e. The van der Waals surface area contributed by atoms with E-state index in [2.05, 4.69) is 43.2 Å². The number of hydrogen-bond donors (Lipinski definition) is 0. The van der Waals surface area contributed by atoms with Crippen molar-refractivity contribution in [2.45, 2.75) is 19.9 Å². The highest BCUT2D eigenvalue weighted by Gasteiger charge is 2.15. The fourth-order valence-electron chi connectivity index (χ4n) is 2.06. The molecule has 0 unspecified atom stereocenters. The lowest BCUT2D eigenvalue weighted by molar-refractivity contribution is 0.333. The number of benzene rings is 1. The van der Waals surface area contributed by atoms with Crippen molar-refractivity contribution in [2.24, 2.45) is 0 Å². The minimum absolute atomic E-state index is 0.974. The summed E-state index contributed by atoms with van der Waals surface area (Å²) in [6.45, 7) is 11.9. The van der Waals surface area contributed by atoms with Gasteiger partial charge in [0, 0.05) is 18.8 Å². The second-order valence-electron chi connectivity index (χ2n) is 4.14. The third kappa shape index (κ3) is 1.96. The van der Waals surface area contributed by atoms with Crippen molar-refractivity contribution < 1.29 is 0 Å². The van der Waals surface area contributed by atoms with E-state index >= 15 is 0 Å². The Bertz CT molecular complexity index is 404. The summed E-state index contributed by atoms with van der Waals surface area (Å²) in [5.74, 6) is 0. The van der Waals surface area contributed by atoms with Crippen LogP contribution < -0.4 is 0 Å². The van der Waals surface area contributed by atoms with E-state index in [4.69, 9.17) is 0 Å². The molecular formula is C14H17N. The molecule has 1 aromatic carbocycles. The van der Waals surface area contributed by atoms with Crippen LogP contribution in [0, 0.1) is 6.92 Å². The van der Waals surface area contributed by atoms with E-state index in [-0.39, 0.29) is 0 Å². The summed E-state index contributed by atoms with van der Waals surface area (Å²) < 4.78 is 0. The van der Waals surface area contributed by atoms with Crippen molar-refractivity contribution >= 4 is 0 Å². The molecule has 2 rings (SSSR count). The molecule has 0 saturated heterocycles. The highest BCUT2D eigenvalue weighted by atomic mass is 15.1. The Balaban J connectivity index is 2.25. The summed E-state index contributed by atoms with van der Waals surface area (Å²) in [5.41, 5.74) is 5.28. The van der Waals surface area contributed by atoms with Gasteiger partial charge in [-0.2, -0.15) is 0 Å². The number of rotatable bonds is 2. The molecule has 1 aliphatic rings. The van der Waals surface area contributed by atoms with Gasteiger partial charge in [0.1, 0.15) is 0 Å². The molecular weight excluding hydrogens is 182 g/mol. The van der Waals surface area contributed by atoms with Gasteiger partial charge in [-0.05, 0) is 30.5 Å². The number of allylic oxidation sites excluding steroid dienone is 1. The second-order valence-corrected chi connectivity index (χ2v) is 4.14. The SMILES string of the molecule is C=CC(=C)N1CCc2ccc(C)cc2C1. The Labute approximate surface area is 91.7 Å². The molecule has 0 aromatic heterocycles. The van der Waals surface area contributed by atoms with Crippen molar-refractivity contribution in [3.63, 3.8) is 0 Å². The van der Waals surface area contributed by atoms with Crippen LogP contribution >= 0.6 is 0 Å². The van der Waals surface area contributed by atoms with Gasteiger partial charge in [0.25, 0.3) is 0 Å². The Hall–Kier alpha value is -1.50. The van der Waals surface area contributed by atoms with E-state index < -0.39 is 0 Å². The van der Waals surface area contributed by atoms with Crippen LogP contribution in [0.2, 0.25) is 0 Å². The fraction of sp³-hybridized carbons (Fsp3) is 0.286. The van der Waals surface area contributed by atoms with Crippen molar-refractivity contribution in [3.8, 4) is 0 Å². The Morgan fingerprint density at radius 1 is 1.40 bits per heavy atom. The van der Waals surface area contributed by atoms with Crippen LogP contribution in [0.1, 0.15) is 16.7 Å². The van der Waals surface area contributed by atoms with Gasteiger partial charge in [0.05, 0.1) is 0 Å². The van der Waals surface area contributed by atoms with Crippen molar-refractivity contribution in [3.05, 3.63) is 59.8 Å². The fourth-order valence-corrected chi connectivity index (χ4v) is 2.06. The molecule has 0 aliphatic carbocycles. The van der Waals surface area contributed by atoms with Gasteiger partial charge in [-0.15, -0.1) is 0 Å². The van der Waals surface area contributed by atoms with Crippen molar-refractivity contribution in [1.82, 2.24) is 4.90 Å². The summed E-state index contributed by atoms with van der Waals surface area (Å²) in [5, 5.41) is 0. The van der Waals surface area contributed by atoms with Gasteiger partial charge in [-0.3, -0.25) is 0 Å². The summed E-state index contributed by atoms with van der Waals surface area (Å²) in [6.07, 6.45) is 2.95. The number of nitrogens with zero attached hydrogens (tertiary/aromatic N) is 1. The second kappa shape index (κ2) is 3.93. The maximum absolute atomic E-state index is 4.00. The van der Waals surface area contributed by atoms with E-state index in [0.717, 1.165) is 25.2 Å². The Kier molecular flexibility index (Phi) is 2.63. The van der Waals surface area contributed by atoms with Gasteiger partial charge >= 0.3 is 0 Å². The first kappa shape index (κ1) is 10.0. The molecule has 1 nitrogen and oxygen atoms in total. The highest BCUT2D eigenvalue weighted by molar-refractivity contribution is 5.34. The molecule has 1 aliphatic heterocycles. The molecule has 0 spiro atoms. The van der Waals surface area contributed by atoms with Crippen LogP contribution in [-0.4, -0.2) is 11.4 Å². The first-order chi connectivity index (χ1) is 7.20. The topological polar surface area (TPSA) is 3.24 Å². The normalized spacial score (nSPS) is 14.6. The molecule has 0 N–H and O–H groups in total. The number of hydrogen-bond acceptors (Lipinski definition) is 1. The van der Waals surface area contributed by atoms with E-state index in [1.807, 2.05) is 6.08 Å². The van der Waals surface area contributed by atoms with Crippen LogP contribution in [0.3, 0.4) is 0 Å². The van der Waals surface area contributed by atoms with Crippen LogP contribution in [0.5, 0.6) is 0 Å².